The number of rotatable bonds is 1. The van der Waals surface area contributed by atoms with Crippen molar-refractivity contribution >= 4 is 11.5 Å². The van der Waals surface area contributed by atoms with Crippen molar-refractivity contribution in [2.24, 2.45) is 5.73 Å². The van der Waals surface area contributed by atoms with Crippen LogP contribution in [0.15, 0.2) is 10.2 Å². The maximum Gasteiger partial charge on any atom is 0.197 e. The predicted octanol–water partition coefficient (Wildman–Crippen LogP) is -0.631. The summed E-state index contributed by atoms with van der Waals surface area (Å²) < 4.78 is 4.25. The molecule has 1 heterocycles. The minimum absolute atomic E-state index is 0.0121. The lowest BCUT2D eigenvalue weighted by Gasteiger charge is -1.93. The zero-order valence-corrected chi connectivity index (χ0v) is 6.35. The SMILES string of the molecule is N#CC(C#N)=C(N)c1nonc1N. The third-order valence-electron chi connectivity index (χ3n) is 1.26. The molecule has 7 nitrogen and oxygen atoms in total. The normalized spacial score (nSPS) is 8.46. The number of nitrogen functional groups attached to an aromatic ring is 1. The second-order valence-electron chi connectivity index (χ2n) is 2.01. The third kappa shape index (κ3) is 1.39. The smallest absolute Gasteiger partial charge is 0.197 e. The number of nitriles is 2. The molecule has 0 bridgehead atoms. The zero-order valence-electron chi connectivity index (χ0n) is 6.35. The Morgan fingerprint density at radius 1 is 1.31 bits per heavy atom. The molecule has 7 heteroatoms. The highest BCUT2D eigenvalue weighted by Gasteiger charge is 2.13. The summed E-state index contributed by atoms with van der Waals surface area (Å²) in [5.74, 6) is -0.0551. The van der Waals surface area contributed by atoms with Gasteiger partial charge in [0.05, 0.1) is 5.70 Å². The van der Waals surface area contributed by atoms with Gasteiger partial charge in [0.15, 0.2) is 17.1 Å². The number of hydrogen-bond acceptors (Lipinski definition) is 7. The van der Waals surface area contributed by atoms with E-state index in [0.29, 0.717) is 0 Å². The van der Waals surface area contributed by atoms with Gasteiger partial charge in [-0.3, -0.25) is 0 Å². The van der Waals surface area contributed by atoms with Crippen molar-refractivity contribution in [3.63, 3.8) is 0 Å². The Morgan fingerprint density at radius 2 is 1.92 bits per heavy atom. The molecule has 1 aromatic rings. The summed E-state index contributed by atoms with van der Waals surface area (Å²) in [4.78, 5) is 0. The van der Waals surface area contributed by atoms with E-state index in [9.17, 15) is 0 Å². The summed E-state index contributed by atoms with van der Waals surface area (Å²) in [6, 6.07) is 3.19. The zero-order chi connectivity index (χ0) is 9.84. The number of anilines is 1. The molecular formula is C6H4N6O. The first-order valence-corrected chi connectivity index (χ1v) is 3.09. The van der Waals surface area contributed by atoms with E-state index >= 15 is 0 Å². The van der Waals surface area contributed by atoms with Crippen molar-refractivity contribution in [3.05, 3.63) is 11.3 Å². The van der Waals surface area contributed by atoms with Crippen molar-refractivity contribution < 1.29 is 4.63 Å². The predicted molar refractivity (Wildman–Crippen MR) is 41.0 cm³/mol. The largest absolute Gasteiger partial charge is 0.395 e. The van der Waals surface area contributed by atoms with Crippen molar-refractivity contribution in [2.75, 3.05) is 5.73 Å². The van der Waals surface area contributed by atoms with E-state index in [2.05, 4.69) is 14.9 Å². The van der Waals surface area contributed by atoms with Gasteiger partial charge in [-0.1, -0.05) is 0 Å². The Morgan fingerprint density at radius 3 is 2.31 bits per heavy atom. The fourth-order valence-corrected chi connectivity index (χ4v) is 0.646. The lowest BCUT2D eigenvalue weighted by molar-refractivity contribution is 0.307. The van der Waals surface area contributed by atoms with Crippen LogP contribution in [0.3, 0.4) is 0 Å². The summed E-state index contributed by atoms with van der Waals surface area (Å²) in [5, 5.41) is 23.5. The van der Waals surface area contributed by atoms with Crippen molar-refractivity contribution in [1.82, 2.24) is 10.3 Å². The molecule has 0 saturated heterocycles. The topological polar surface area (TPSA) is 139 Å². The number of hydrogen-bond donors (Lipinski definition) is 2. The fourth-order valence-electron chi connectivity index (χ4n) is 0.646. The Balaban J connectivity index is 3.28. The molecule has 4 N–H and O–H groups in total. The van der Waals surface area contributed by atoms with E-state index in [1.54, 1.807) is 12.1 Å². The quantitative estimate of drug-likeness (QED) is 0.543. The molecule has 0 fully saturated rings. The van der Waals surface area contributed by atoms with Gasteiger partial charge in [-0.25, -0.2) is 4.63 Å². The summed E-state index contributed by atoms with van der Waals surface area (Å²) in [6.07, 6.45) is 0. The molecular weight excluding hydrogens is 172 g/mol. The number of aromatic nitrogens is 2. The van der Waals surface area contributed by atoms with Gasteiger partial charge < -0.3 is 11.5 Å². The van der Waals surface area contributed by atoms with Crippen LogP contribution in [0.25, 0.3) is 5.70 Å². The molecule has 0 aliphatic rings. The number of nitrogens with two attached hydrogens (primary N) is 2. The van der Waals surface area contributed by atoms with Crippen molar-refractivity contribution in [1.29, 1.82) is 10.5 Å². The van der Waals surface area contributed by atoms with Gasteiger partial charge in [0.1, 0.15) is 12.1 Å². The van der Waals surface area contributed by atoms with Gasteiger partial charge in [-0.05, 0) is 10.3 Å². The molecule has 0 radical (unpaired) electrons. The number of allylic oxidation sites excluding steroid dienone is 1. The Hall–Kier alpha value is -2.54. The Bertz CT molecular complexity index is 415. The monoisotopic (exact) mass is 176 g/mol. The Kier molecular flexibility index (Phi) is 2.13. The molecule has 0 amide bonds. The highest BCUT2D eigenvalue weighted by molar-refractivity contribution is 5.75. The van der Waals surface area contributed by atoms with E-state index in [4.69, 9.17) is 22.0 Å². The van der Waals surface area contributed by atoms with Crippen LogP contribution in [0.4, 0.5) is 5.82 Å². The molecule has 0 aliphatic carbocycles. The molecule has 64 valence electrons. The molecule has 0 atom stereocenters. The minimum Gasteiger partial charge on any atom is -0.395 e. The average molecular weight is 176 g/mol. The number of nitrogens with zero attached hydrogens (tertiary/aromatic N) is 4. The van der Waals surface area contributed by atoms with E-state index in [1.165, 1.54) is 0 Å². The minimum atomic E-state index is -0.276. The van der Waals surface area contributed by atoms with Gasteiger partial charge in [-0.2, -0.15) is 10.5 Å². The van der Waals surface area contributed by atoms with Crippen molar-refractivity contribution in [2.45, 2.75) is 0 Å². The first-order chi connectivity index (χ1) is 6.20. The van der Waals surface area contributed by atoms with Crippen LogP contribution in [-0.4, -0.2) is 10.3 Å². The van der Waals surface area contributed by atoms with E-state index in [0.717, 1.165) is 0 Å². The van der Waals surface area contributed by atoms with E-state index < -0.39 is 0 Å². The average Bonchev–Trinajstić information content (AvgIpc) is 2.53. The van der Waals surface area contributed by atoms with Crippen LogP contribution < -0.4 is 11.5 Å². The van der Waals surface area contributed by atoms with E-state index in [1.807, 2.05) is 0 Å². The summed E-state index contributed by atoms with van der Waals surface area (Å²) in [7, 11) is 0. The van der Waals surface area contributed by atoms with Crippen LogP contribution >= 0.6 is 0 Å². The second kappa shape index (κ2) is 3.24. The summed E-state index contributed by atoms with van der Waals surface area (Å²) >= 11 is 0. The van der Waals surface area contributed by atoms with E-state index in [-0.39, 0.29) is 22.8 Å². The molecule has 1 rings (SSSR count). The maximum absolute atomic E-state index is 8.46. The lowest BCUT2D eigenvalue weighted by Crippen LogP contribution is -2.03. The third-order valence-corrected chi connectivity index (χ3v) is 1.26. The fraction of sp³-hybridized carbons (Fsp3) is 0. The standard InChI is InChI=1S/C6H4N6O/c7-1-3(2-8)4(9)5-6(10)12-13-11-5/h9H2,(H2,10,12). The van der Waals surface area contributed by atoms with Crippen LogP contribution in [0, 0.1) is 22.7 Å². The molecule has 0 saturated carbocycles. The summed E-state index contributed by atoms with van der Waals surface area (Å²) in [5.41, 5.74) is 10.3. The first-order valence-electron chi connectivity index (χ1n) is 3.09. The van der Waals surface area contributed by atoms with Gasteiger partial charge >= 0.3 is 0 Å². The van der Waals surface area contributed by atoms with Gasteiger partial charge in [0.25, 0.3) is 0 Å². The second-order valence-corrected chi connectivity index (χ2v) is 2.01. The Labute approximate surface area is 72.8 Å². The van der Waals surface area contributed by atoms with Crippen molar-refractivity contribution in [3.8, 4) is 12.1 Å². The molecule has 1 aromatic heterocycles. The molecule has 13 heavy (non-hydrogen) atoms. The molecule has 0 spiro atoms. The highest BCUT2D eigenvalue weighted by atomic mass is 16.6. The van der Waals surface area contributed by atoms with Crippen LogP contribution in [0.5, 0.6) is 0 Å². The van der Waals surface area contributed by atoms with Crippen LogP contribution in [-0.2, 0) is 0 Å². The van der Waals surface area contributed by atoms with Gasteiger partial charge in [0, 0.05) is 0 Å². The van der Waals surface area contributed by atoms with Gasteiger partial charge in [-0.15, -0.1) is 0 Å². The first kappa shape index (κ1) is 8.56. The molecule has 0 aromatic carbocycles. The maximum atomic E-state index is 8.46. The lowest BCUT2D eigenvalue weighted by atomic mass is 10.2. The van der Waals surface area contributed by atoms with Crippen LogP contribution in [0.1, 0.15) is 5.69 Å². The summed E-state index contributed by atoms with van der Waals surface area (Å²) in [6.45, 7) is 0. The van der Waals surface area contributed by atoms with Crippen LogP contribution in [0.2, 0.25) is 0 Å². The van der Waals surface area contributed by atoms with Gasteiger partial charge in [0.2, 0.25) is 0 Å². The highest BCUT2D eigenvalue weighted by Crippen LogP contribution is 2.14. The molecule has 0 aliphatic heterocycles. The molecule has 0 unspecified atom stereocenters.